The predicted molar refractivity (Wildman–Crippen MR) is 117 cm³/mol. The minimum absolute atomic E-state index is 0.0765. The lowest BCUT2D eigenvalue weighted by Crippen LogP contribution is -2.50. The molecule has 3 aromatic rings. The minimum atomic E-state index is -0.671. The summed E-state index contributed by atoms with van der Waals surface area (Å²) < 4.78 is 5.36. The van der Waals surface area contributed by atoms with Gasteiger partial charge in [-0.05, 0) is 34.6 Å². The van der Waals surface area contributed by atoms with Gasteiger partial charge >= 0.3 is 6.09 Å². The van der Waals surface area contributed by atoms with Crippen molar-refractivity contribution in [3.8, 4) is 0 Å². The summed E-state index contributed by atoms with van der Waals surface area (Å²) in [5, 5.41) is 4.87. The molecule has 1 N–H and O–H groups in total. The average Bonchev–Trinajstić information content (AvgIpc) is 3.26. The van der Waals surface area contributed by atoms with Crippen LogP contribution in [0.5, 0.6) is 0 Å². The van der Waals surface area contributed by atoms with Gasteiger partial charge in [-0.25, -0.2) is 4.79 Å². The summed E-state index contributed by atoms with van der Waals surface area (Å²) in [6, 6.07) is 20.6. The second-order valence-electron chi connectivity index (χ2n) is 7.33. The third kappa shape index (κ3) is 5.07. The number of amides is 2. The Labute approximate surface area is 180 Å². The van der Waals surface area contributed by atoms with E-state index >= 15 is 0 Å². The Kier molecular flexibility index (Phi) is 6.44. The Balaban J connectivity index is 1.43. The lowest BCUT2D eigenvalue weighted by molar-refractivity contribution is -0.134. The first-order chi connectivity index (χ1) is 14.7. The first-order valence-electron chi connectivity index (χ1n) is 10.0. The maximum absolute atomic E-state index is 13.3. The van der Waals surface area contributed by atoms with Gasteiger partial charge in [-0.15, -0.1) is 11.3 Å². The van der Waals surface area contributed by atoms with Crippen LogP contribution in [0.1, 0.15) is 21.6 Å². The summed E-state index contributed by atoms with van der Waals surface area (Å²) in [4.78, 5) is 28.9. The van der Waals surface area contributed by atoms with Crippen molar-refractivity contribution in [1.82, 2.24) is 10.2 Å². The van der Waals surface area contributed by atoms with Gasteiger partial charge < -0.3 is 15.0 Å². The molecule has 1 aliphatic rings. The van der Waals surface area contributed by atoms with Crippen LogP contribution in [0.3, 0.4) is 0 Å². The fraction of sp³-hybridized carbons (Fsp3) is 0.250. The zero-order chi connectivity index (χ0) is 20.8. The number of carbonyl (C=O) groups is 2. The maximum atomic E-state index is 13.3. The summed E-state index contributed by atoms with van der Waals surface area (Å²) in [7, 11) is 0. The Bertz CT molecular complexity index is 988. The molecular formula is C24H24N2O3S. The quantitative estimate of drug-likeness (QED) is 0.651. The van der Waals surface area contributed by atoms with Gasteiger partial charge in [0.1, 0.15) is 12.6 Å². The van der Waals surface area contributed by atoms with Gasteiger partial charge in [0, 0.05) is 24.4 Å². The number of fused-ring (bicyclic) bond motifs is 1. The van der Waals surface area contributed by atoms with E-state index in [4.69, 9.17) is 4.74 Å². The molecule has 2 aromatic carbocycles. The number of ether oxygens (including phenoxy) is 1. The van der Waals surface area contributed by atoms with Crippen LogP contribution in [0.4, 0.5) is 4.79 Å². The summed E-state index contributed by atoms with van der Waals surface area (Å²) in [6.45, 7) is 1.42. The first-order valence-corrected chi connectivity index (χ1v) is 10.9. The summed E-state index contributed by atoms with van der Waals surface area (Å²) in [5.41, 5.74) is 3.09. The number of hydrogen-bond acceptors (Lipinski definition) is 4. The Morgan fingerprint density at radius 1 is 1.00 bits per heavy atom. The van der Waals surface area contributed by atoms with Crippen LogP contribution in [0.2, 0.25) is 0 Å². The van der Waals surface area contributed by atoms with Crippen molar-refractivity contribution in [3.05, 3.63) is 93.7 Å². The van der Waals surface area contributed by atoms with Gasteiger partial charge in [-0.2, -0.15) is 0 Å². The van der Waals surface area contributed by atoms with E-state index < -0.39 is 12.1 Å². The summed E-state index contributed by atoms with van der Waals surface area (Å²) in [5.74, 6) is -0.0765. The van der Waals surface area contributed by atoms with Crippen molar-refractivity contribution in [3.63, 3.8) is 0 Å². The third-order valence-electron chi connectivity index (χ3n) is 5.20. The SMILES string of the molecule is O=C(NC(Cc1ccccc1)C(=O)N1CCc2sccc2C1)OCc1ccccc1. The topological polar surface area (TPSA) is 58.6 Å². The van der Waals surface area contributed by atoms with Gasteiger partial charge in [0.2, 0.25) is 5.91 Å². The Morgan fingerprint density at radius 2 is 1.70 bits per heavy atom. The zero-order valence-electron chi connectivity index (χ0n) is 16.6. The molecular weight excluding hydrogens is 396 g/mol. The summed E-state index contributed by atoms with van der Waals surface area (Å²) >= 11 is 1.74. The molecule has 0 bridgehead atoms. The lowest BCUT2D eigenvalue weighted by Gasteiger charge is -2.31. The Morgan fingerprint density at radius 3 is 2.43 bits per heavy atom. The van der Waals surface area contributed by atoms with E-state index in [2.05, 4.69) is 16.8 Å². The molecule has 1 aliphatic heterocycles. The molecule has 0 radical (unpaired) electrons. The molecule has 4 rings (SSSR count). The number of alkyl carbamates (subject to hydrolysis) is 1. The smallest absolute Gasteiger partial charge is 0.408 e. The maximum Gasteiger partial charge on any atom is 0.408 e. The number of nitrogens with zero attached hydrogens (tertiary/aromatic N) is 1. The van der Waals surface area contributed by atoms with E-state index in [9.17, 15) is 9.59 Å². The van der Waals surface area contributed by atoms with Crippen LogP contribution in [0, 0.1) is 0 Å². The van der Waals surface area contributed by atoms with Crippen molar-refractivity contribution < 1.29 is 14.3 Å². The van der Waals surface area contributed by atoms with Crippen molar-refractivity contribution in [1.29, 1.82) is 0 Å². The fourth-order valence-corrected chi connectivity index (χ4v) is 4.50. The molecule has 0 aliphatic carbocycles. The monoisotopic (exact) mass is 420 g/mol. The van der Waals surface area contributed by atoms with E-state index in [1.807, 2.05) is 65.6 Å². The van der Waals surface area contributed by atoms with Crippen LogP contribution in [0.25, 0.3) is 0 Å². The van der Waals surface area contributed by atoms with E-state index in [0.29, 0.717) is 19.5 Å². The highest BCUT2D eigenvalue weighted by atomic mass is 32.1. The van der Waals surface area contributed by atoms with Gasteiger partial charge in [0.25, 0.3) is 0 Å². The van der Waals surface area contributed by atoms with E-state index in [-0.39, 0.29) is 12.5 Å². The molecule has 154 valence electrons. The van der Waals surface area contributed by atoms with Crippen LogP contribution in [-0.4, -0.2) is 29.5 Å². The van der Waals surface area contributed by atoms with Crippen LogP contribution in [-0.2, 0) is 35.5 Å². The molecule has 2 heterocycles. The second kappa shape index (κ2) is 9.59. The summed E-state index contributed by atoms with van der Waals surface area (Å²) in [6.07, 6.45) is 0.698. The second-order valence-corrected chi connectivity index (χ2v) is 8.33. The molecule has 6 heteroatoms. The highest BCUT2D eigenvalue weighted by Gasteiger charge is 2.29. The number of carbonyl (C=O) groups excluding carboxylic acids is 2. The largest absolute Gasteiger partial charge is 0.445 e. The Hall–Kier alpha value is -3.12. The van der Waals surface area contributed by atoms with Crippen molar-refractivity contribution in [2.45, 2.75) is 32.0 Å². The third-order valence-corrected chi connectivity index (χ3v) is 6.23. The molecule has 1 aromatic heterocycles. The fourth-order valence-electron chi connectivity index (χ4n) is 3.61. The average molecular weight is 421 g/mol. The number of rotatable bonds is 6. The van der Waals surface area contributed by atoms with Crippen molar-refractivity contribution in [2.75, 3.05) is 6.54 Å². The normalized spacial score (nSPS) is 13.9. The van der Waals surface area contributed by atoms with E-state index in [0.717, 1.165) is 17.5 Å². The van der Waals surface area contributed by atoms with Gasteiger partial charge in [0.05, 0.1) is 0 Å². The molecule has 5 nitrogen and oxygen atoms in total. The van der Waals surface area contributed by atoms with E-state index in [1.165, 1.54) is 10.4 Å². The van der Waals surface area contributed by atoms with Gasteiger partial charge in [-0.1, -0.05) is 60.7 Å². The van der Waals surface area contributed by atoms with Gasteiger partial charge in [0.15, 0.2) is 0 Å². The molecule has 1 unspecified atom stereocenters. The number of benzene rings is 2. The highest BCUT2D eigenvalue weighted by Crippen LogP contribution is 2.24. The standard InChI is InChI=1S/C24H24N2O3S/c27-23(26-13-11-22-20(16-26)12-14-30-22)21(15-18-7-3-1-4-8-18)25-24(28)29-17-19-9-5-2-6-10-19/h1-10,12,14,21H,11,13,15-17H2,(H,25,28). The van der Waals surface area contributed by atoms with Crippen LogP contribution >= 0.6 is 11.3 Å². The molecule has 2 amide bonds. The van der Waals surface area contributed by atoms with Crippen LogP contribution in [0.15, 0.2) is 72.1 Å². The molecule has 1 atom stereocenters. The molecule has 0 saturated carbocycles. The lowest BCUT2D eigenvalue weighted by atomic mass is 10.0. The highest BCUT2D eigenvalue weighted by molar-refractivity contribution is 7.10. The van der Waals surface area contributed by atoms with Crippen molar-refractivity contribution >= 4 is 23.3 Å². The molecule has 0 fully saturated rings. The first kappa shape index (κ1) is 20.2. The number of hydrogen-bond donors (Lipinski definition) is 1. The predicted octanol–water partition coefficient (Wildman–Crippen LogP) is 4.17. The van der Waals surface area contributed by atoms with Gasteiger partial charge in [-0.3, -0.25) is 4.79 Å². The number of thiophene rings is 1. The van der Waals surface area contributed by atoms with Crippen LogP contribution < -0.4 is 5.32 Å². The minimum Gasteiger partial charge on any atom is -0.445 e. The molecule has 30 heavy (non-hydrogen) atoms. The molecule has 0 saturated heterocycles. The van der Waals surface area contributed by atoms with E-state index in [1.54, 1.807) is 11.3 Å². The molecule has 0 spiro atoms. The number of nitrogens with one attached hydrogen (secondary N) is 1. The van der Waals surface area contributed by atoms with Crippen molar-refractivity contribution in [2.24, 2.45) is 0 Å². The zero-order valence-corrected chi connectivity index (χ0v) is 17.4.